The molecule has 2 rings (SSSR count). The summed E-state index contributed by atoms with van der Waals surface area (Å²) in [5, 5.41) is 0. The lowest BCUT2D eigenvalue weighted by Gasteiger charge is -2.13. The highest BCUT2D eigenvalue weighted by molar-refractivity contribution is 9.10. The third-order valence-corrected chi connectivity index (χ3v) is 3.04. The van der Waals surface area contributed by atoms with Crippen molar-refractivity contribution in [2.45, 2.75) is 12.7 Å². The predicted molar refractivity (Wildman–Crippen MR) is 71.3 cm³/mol. The molecule has 0 aliphatic heterocycles. The number of halogens is 5. The van der Waals surface area contributed by atoms with Crippen LogP contribution < -0.4 is 10.5 Å². The van der Waals surface area contributed by atoms with Gasteiger partial charge in [-0.3, -0.25) is 0 Å². The summed E-state index contributed by atoms with van der Waals surface area (Å²) >= 11 is 3.12. The molecule has 3 nitrogen and oxygen atoms in total. The molecule has 1 aromatic heterocycles. The number of benzene rings is 1. The van der Waals surface area contributed by atoms with E-state index in [0.29, 0.717) is 4.47 Å². The molecule has 1 aromatic carbocycles. The van der Waals surface area contributed by atoms with Gasteiger partial charge in [0.15, 0.2) is 11.6 Å². The molecule has 0 atom stereocenters. The number of nitrogens with zero attached hydrogens (tertiary/aromatic N) is 1. The molecule has 0 saturated heterocycles. The molecule has 0 radical (unpaired) electrons. The first kappa shape index (κ1) is 15.7. The summed E-state index contributed by atoms with van der Waals surface area (Å²) in [4.78, 5) is 3.37. The minimum absolute atomic E-state index is 0.0872. The fourth-order valence-corrected chi connectivity index (χ4v) is 1.87. The van der Waals surface area contributed by atoms with Crippen molar-refractivity contribution < 1.29 is 22.3 Å². The van der Waals surface area contributed by atoms with Gasteiger partial charge in [-0.25, -0.2) is 9.37 Å². The van der Waals surface area contributed by atoms with Gasteiger partial charge in [-0.1, -0.05) is 22.0 Å². The third-order valence-electron chi connectivity index (χ3n) is 2.55. The summed E-state index contributed by atoms with van der Waals surface area (Å²) < 4.78 is 57.2. The van der Waals surface area contributed by atoms with Crippen molar-refractivity contribution in [1.29, 1.82) is 0 Å². The number of aromatic nitrogens is 1. The molecule has 0 aliphatic rings. The van der Waals surface area contributed by atoms with Crippen LogP contribution in [0.2, 0.25) is 0 Å². The zero-order valence-electron chi connectivity index (χ0n) is 10.4. The molecule has 0 bridgehead atoms. The Morgan fingerprint density at radius 2 is 1.90 bits per heavy atom. The highest BCUT2D eigenvalue weighted by Gasteiger charge is 2.33. The van der Waals surface area contributed by atoms with Crippen LogP contribution in [0.3, 0.4) is 0 Å². The maximum atomic E-state index is 13.6. The Balaban J connectivity index is 2.44. The van der Waals surface area contributed by atoms with Gasteiger partial charge < -0.3 is 10.5 Å². The Labute approximate surface area is 125 Å². The van der Waals surface area contributed by atoms with Crippen LogP contribution in [0.5, 0.6) is 11.6 Å². The summed E-state index contributed by atoms with van der Waals surface area (Å²) in [6.45, 7) is -0.0872. The molecule has 0 spiro atoms. The second-order valence-corrected chi connectivity index (χ2v) is 4.96. The molecule has 0 unspecified atom stereocenters. The Kier molecular flexibility index (Phi) is 4.48. The van der Waals surface area contributed by atoms with Crippen molar-refractivity contribution in [1.82, 2.24) is 4.98 Å². The molecule has 112 valence electrons. The lowest BCUT2D eigenvalue weighted by Crippen LogP contribution is -2.11. The zero-order chi connectivity index (χ0) is 15.6. The summed E-state index contributed by atoms with van der Waals surface area (Å²) in [6.07, 6.45) is -4.62. The highest BCUT2D eigenvalue weighted by Crippen LogP contribution is 2.33. The number of hydrogen-bond donors (Lipinski definition) is 1. The third kappa shape index (κ3) is 3.70. The Morgan fingerprint density at radius 3 is 2.52 bits per heavy atom. The molecule has 1 heterocycles. The minimum atomic E-state index is -4.62. The Bertz CT molecular complexity index is 661. The first-order chi connectivity index (χ1) is 9.81. The van der Waals surface area contributed by atoms with E-state index in [9.17, 15) is 17.6 Å². The zero-order valence-corrected chi connectivity index (χ0v) is 12.0. The Hall–Kier alpha value is -1.67. The van der Waals surface area contributed by atoms with Gasteiger partial charge in [0.25, 0.3) is 0 Å². The maximum absolute atomic E-state index is 13.6. The number of hydrogen-bond acceptors (Lipinski definition) is 3. The number of nitrogens with two attached hydrogens (primary N) is 1. The van der Waals surface area contributed by atoms with E-state index in [1.165, 1.54) is 12.1 Å². The van der Waals surface area contributed by atoms with Crippen LogP contribution in [0.4, 0.5) is 17.6 Å². The molecular formula is C13H9BrF4N2O. The molecular weight excluding hydrogens is 356 g/mol. The molecule has 2 N–H and O–H groups in total. The summed E-state index contributed by atoms with van der Waals surface area (Å²) in [7, 11) is 0. The van der Waals surface area contributed by atoms with Gasteiger partial charge in [-0.15, -0.1) is 0 Å². The van der Waals surface area contributed by atoms with E-state index in [1.807, 2.05) is 0 Å². The lowest BCUT2D eigenvalue weighted by molar-refractivity contribution is -0.141. The quantitative estimate of drug-likeness (QED) is 0.828. The van der Waals surface area contributed by atoms with Crippen molar-refractivity contribution in [3.05, 3.63) is 51.9 Å². The van der Waals surface area contributed by atoms with E-state index in [2.05, 4.69) is 20.9 Å². The first-order valence-corrected chi connectivity index (χ1v) is 6.50. The molecule has 8 heteroatoms. The van der Waals surface area contributed by atoms with Crippen molar-refractivity contribution in [3.63, 3.8) is 0 Å². The average molecular weight is 365 g/mol. The largest absolute Gasteiger partial charge is 0.436 e. The van der Waals surface area contributed by atoms with Gasteiger partial charge in [-0.2, -0.15) is 13.2 Å². The summed E-state index contributed by atoms with van der Waals surface area (Å²) in [5.41, 5.74) is 4.53. The van der Waals surface area contributed by atoms with Gasteiger partial charge >= 0.3 is 6.18 Å². The molecule has 0 fully saturated rings. The second kappa shape index (κ2) is 5.98. The van der Waals surface area contributed by atoms with Crippen LogP contribution in [0, 0.1) is 5.82 Å². The van der Waals surface area contributed by atoms with E-state index in [0.717, 1.165) is 18.2 Å². The SMILES string of the molecule is NCc1ccc(C(F)(F)F)nc1Oc1cc(Br)ccc1F. The minimum Gasteiger partial charge on any atom is -0.436 e. The van der Waals surface area contributed by atoms with E-state index in [-0.39, 0.29) is 23.7 Å². The summed E-state index contributed by atoms with van der Waals surface area (Å²) in [5.74, 6) is -1.34. The Morgan fingerprint density at radius 1 is 1.19 bits per heavy atom. The number of alkyl halides is 3. The molecule has 0 amide bonds. The smallest absolute Gasteiger partial charge is 0.433 e. The normalized spacial score (nSPS) is 11.5. The molecule has 0 aliphatic carbocycles. The maximum Gasteiger partial charge on any atom is 0.433 e. The van der Waals surface area contributed by atoms with E-state index in [4.69, 9.17) is 10.5 Å². The summed E-state index contributed by atoms with van der Waals surface area (Å²) in [6, 6.07) is 5.80. The predicted octanol–water partition coefficient (Wildman–Crippen LogP) is 4.25. The van der Waals surface area contributed by atoms with Gasteiger partial charge in [0.2, 0.25) is 5.88 Å². The van der Waals surface area contributed by atoms with Crippen LogP contribution in [-0.2, 0) is 12.7 Å². The number of rotatable bonds is 3. The van der Waals surface area contributed by atoms with Crippen LogP contribution in [-0.4, -0.2) is 4.98 Å². The van der Waals surface area contributed by atoms with E-state index >= 15 is 0 Å². The second-order valence-electron chi connectivity index (χ2n) is 4.04. The lowest BCUT2D eigenvalue weighted by atomic mass is 10.2. The van der Waals surface area contributed by atoms with Crippen molar-refractivity contribution in [2.24, 2.45) is 5.73 Å². The van der Waals surface area contributed by atoms with Crippen LogP contribution >= 0.6 is 15.9 Å². The van der Waals surface area contributed by atoms with Crippen LogP contribution in [0.25, 0.3) is 0 Å². The van der Waals surface area contributed by atoms with Gasteiger partial charge in [0, 0.05) is 16.6 Å². The molecule has 21 heavy (non-hydrogen) atoms. The highest BCUT2D eigenvalue weighted by atomic mass is 79.9. The molecule has 0 saturated carbocycles. The van der Waals surface area contributed by atoms with E-state index < -0.39 is 17.7 Å². The monoisotopic (exact) mass is 364 g/mol. The fourth-order valence-electron chi connectivity index (χ4n) is 1.53. The van der Waals surface area contributed by atoms with Crippen molar-refractivity contribution in [3.8, 4) is 11.6 Å². The topological polar surface area (TPSA) is 48.1 Å². The van der Waals surface area contributed by atoms with Gasteiger partial charge in [-0.05, 0) is 24.3 Å². The first-order valence-electron chi connectivity index (χ1n) is 5.71. The standard InChI is InChI=1S/C13H9BrF4N2O/c14-8-2-3-9(15)10(5-8)21-12-7(6-19)1-4-11(20-12)13(16,17)18/h1-5H,6,19H2. The van der Waals surface area contributed by atoms with Crippen LogP contribution in [0.1, 0.15) is 11.3 Å². The average Bonchev–Trinajstić information content (AvgIpc) is 2.42. The van der Waals surface area contributed by atoms with Crippen molar-refractivity contribution >= 4 is 15.9 Å². The van der Waals surface area contributed by atoms with Crippen LogP contribution in [0.15, 0.2) is 34.8 Å². The van der Waals surface area contributed by atoms with Gasteiger partial charge in [0.1, 0.15) is 5.69 Å². The number of ether oxygens (including phenoxy) is 1. The number of pyridine rings is 1. The van der Waals surface area contributed by atoms with E-state index in [1.54, 1.807) is 0 Å². The van der Waals surface area contributed by atoms with Crippen molar-refractivity contribution in [2.75, 3.05) is 0 Å². The van der Waals surface area contributed by atoms with Gasteiger partial charge in [0.05, 0.1) is 0 Å². The molecule has 2 aromatic rings. The fraction of sp³-hybridized carbons (Fsp3) is 0.154.